The van der Waals surface area contributed by atoms with Crippen molar-refractivity contribution in [3.63, 3.8) is 0 Å². The predicted molar refractivity (Wildman–Crippen MR) is 50.2 cm³/mol. The van der Waals surface area contributed by atoms with Crippen LogP contribution in [-0.4, -0.2) is 21.7 Å². The summed E-state index contributed by atoms with van der Waals surface area (Å²) in [5.74, 6) is 0. The van der Waals surface area contributed by atoms with Gasteiger partial charge in [-0.25, -0.2) is 0 Å². The predicted octanol–water partition coefficient (Wildman–Crippen LogP) is 1.27. The lowest BCUT2D eigenvalue weighted by Gasteiger charge is -2.07. The Balaban J connectivity index is 3.21. The molecule has 1 rings (SSSR count). The number of nitro benzene ring substituents is 1. The van der Waals surface area contributed by atoms with E-state index in [0.717, 1.165) is 6.07 Å². The number of rotatable bonds is 3. The van der Waals surface area contributed by atoms with Gasteiger partial charge in [0.1, 0.15) is 6.10 Å². The summed E-state index contributed by atoms with van der Waals surface area (Å²) in [5, 5.41) is 28.7. The van der Waals surface area contributed by atoms with Gasteiger partial charge in [-0.1, -0.05) is 11.6 Å². The number of nitro groups is 1. The van der Waals surface area contributed by atoms with Gasteiger partial charge in [-0.3, -0.25) is 10.1 Å². The van der Waals surface area contributed by atoms with Gasteiger partial charge in [0, 0.05) is 11.1 Å². The van der Waals surface area contributed by atoms with Gasteiger partial charge in [-0.2, -0.15) is 0 Å². The first-order chi connectivity index (χ1) is 6.56. The van der Waals surface area contributed by atoms with Crippen molar-refractivity contribution in [1.29, 1.82) is 0 Å². The molecule has 0 aromatic heterocycles. The van der Waals surface area contributed by atoms with Crippen LogP contribution in [0.15, 0.2) is 18.2 Å². The minimum Gasteiger partial charge on any atom is -0.393 e. The quantitative estimate of drug-likeness (QED) is 0.590. The van der Waals surface area contributed by atoms with E-state index in [-0.39, 0.29) is 16.3 Å². The zero-order valence-electron chi connectivity index (χ0n) is 7.05. The van der Waals surface area contributed by atoms with Gasteiger partial charge in [0.2, 0.25) is 0 Å². The maximum Gasteiger partial charge on any atom is 0.276 e. The molecule has 0 saturated heterocycles. The summed E-state index contributed by atoms with van der Waals surface area (Å²) in [6.45, 7) is -0.567. The summed E-state index contributed by atoms with van der Waals surface area (Å²) >= 11 is 5.56. The Morgan fingerprint density at radius 3 is 2.71 bits per heavy atom. The van der Waals surface area contributed by atoms with Crippen LogP contribution < -0.4 is 0 Å². The molecule has 1 aromatic carbocycles. The lowest BCUT2D eigenvalue weighted by molar-refractivity contribution is -0.386. The van der Waals surface area contributed by atoms with Crippen LogP contribution in [0.3, 0.4) is 0 Å². The Morgan fingerprint density at radius 2 is 2.21 bits per heavy atom. The van der Waals surface area contributed by atoms with Gasteiger partial charge < -0.3 is 10.2 Å². The average molecular weight is 218 g/mol. The largest absolute Gasteiger partial charge is 0.393 e. The molecular formula is C8H8ClNO4. The summed E-state index contributed by atoms with van der Waals surface area (Å²) in [6.07, 6.45) is -1.26. The highest BCUT2D eigenvalue weighted by Crippen LogP contribution is 2.27. The van der Waals surface area contributed by atoms with E-state index in [1.165, 1.54) is 12.1 Å². The molecule has 14 heavy (non-hydrogen) atoms. The first-order valence-electron chi connectivity index (χ1n) is 3.79. The third-order valence-corrected chi connectivity index (χ3v) is 1.96. The highest BCUT2D eigenvalue weighted by molar-refractivity contribution is 6.30. The number of hydrogen-bond acceptors (Lipinski definition) is 4. The van der Waals surface area contributed by atoms with Crippen LogP contribution in [0.4, 0.5) is 5.69 Å². The molecule has 2 N–H and O–H groups in total. The van der Waals surface area contributed by atoms with E-state index < -0.39 is 17.6 Å². The number of benzene rings is 1. The van der Waals surface area contributed by atoms with Crippen LogP contribution in [0.2, 0.25) is 5.02 Å². The fraction of sp³-hybridized carbons (Fsp3) is 0.250. The Labute approximate surface area is 84.7 Å². The second-order valence-corrected chi connectivity index (χ2v) is 3.10. The Kier molecular flexibility index (Phi) is 3.40. The first kappa shape index (κ1) is 10.9. The van der Waals surface area contributed by atoms with Crippen LogP contribution in [0.5, 0.6) is 0 Å². The van der Waals surface area contributed by atoms with Crippen molar-refractivity contribution in [2.75, 3.05) is 6.61 Å². The molecule has 0 fully saturated rings. The SMILES string of the molecule is O=[N+]([O-])c1cc(Cl)ccc1C(O)CO. The molecule has 0 spiro atoms. The third-order valence-electron chi connectivity index (χ3n) is 1.72. The summed E-state index contributed by atoms with van der Waals surface area (Å²) in [4.78, 5) is 9.90. The van der Waals surface area contributed by atoms with Gasteiger partial charge >= 0.3 is 0 Å². The van der Waals surface area contributed by atoms with Crippen molar-refractivity contribution in [3.05, 3.63) is 38.9 Å². The van der Waals surface area contributed by atoms with Crippen LogP contribution >= 0.6 is 11.6 Å². The number of aliphatic hydroxyl groups is 2. The molecule has 76 valence electrons. The Morgan fingerprint density at radius 1 is 1.57 bits per heavy atom. The zero-order chi connectivity index (χ0) is 10.7. The second kappa shape index (κ2) is 4.36. The fourth-order valence-corrected chi connectivity index (χ4v) is 1.22. The van der Waals surface area contributed by atoms with Crippen LogP contribution in [0.1, 0.15) is 11.7 Å². The van der Waals surface area contributed by atoms with E-state index >= 15 is 0 Å². The van der Waals surface area contributed by atoms with Crippen molar-refractivity contribution in [2.24, 2.45) is 0 Å². The van der Waals surface area contributed by atoms with Crippen molar-refractivity contribution in [1.82, 2.24) is 0 Å². The Bertz CT molecular complexity index is 355. The normalized spacial score (nSPS) is 12.5. The standard InChI is InChI=1S/C8H8ClNO4/c9-5-1-2-6(8(12)4-11)7(3-5)10(13)14/h1-3,8,11-12H,4H2. The van der Waals surface area contributed by atoms with Crippen LogP contribution in [-0.2, 0) is 0 Å². The molecular weight excluding hydrogens is 210 g/mol. The highest BCUT2D eigenvalue weighted by atomic mass is 35.5. The number of nitrogens with zero attached hydrogens (tertiary/aromatic N) is 1. The lowest BCUT2D eigenvalue weighted by Crippen LogP contribution is -2.05. The van der Waals surface area contributed by atoms with Gasteiger partial charge in [0.25, 0.3) is 5.69 Å². The summed E-state index contributed by atoms with van der Waals surface area (Å²) in [6, 6.07) is 3.87. The van der Waals surface area contributed by atoms with Gasteiger partial charge in [-0.05, 0) is 12.1 Å². The summed E-state index contributed by atoms with van der Waals surface area (Å²) in [5.41, 5.74) is -0.235. The first-order valence-corrected chi connectivity index (χ1v) is 4.17. The summed E-state index contributed by atoms with van der Waals surface area (Å²) < 4.78 is 0. The van der Waals surface area contributed by atoms with Crippen molar-refractivity contribution >= 4 is 17.3 Å². The minimum atomic E-state index is -1.26. The van der Waals surface area contributed by atoms with E-state index in [2.05, 4.69) is 0 Å². The molecule has 0 radical (unpaired) electrons. The van der Waals surface area contributed by atoms with E-state index in [0.29, 0.717) is 0 Å². The lowest BCUT2D eigenvalue weighted by atomic mass is 10.1. The molecule has 1 atom stereocenters. The van der Waals surface area contributed by atoms with Crippen molar-refractivity contribution in [3.8, 4) is 0 Å². The molecule has 6 heteroatoms. The van der Waals surface area contributed by atoms with E-state index in [4.69, 9.17) is 16.7 Å². The minimum absolute atomic E-state index is 0.0573. The fourth-order valence-electron chi connectivity index (χ4n) is 1.06. The maximum absolute atomic E-state index is 10.5. The molecule has 0 aliphatic heterocycles. The second-order valence-electron chi connectivity index (χ2n) is 2.66. The van der Waals surface area contributed by atoms with Crippen molar-refractivity contribution < 1.29 is 15.1 Å². The molecule has 0 aliphatic carbocycles. The van der Waals surface area contributed by atoms with Crippen LogP contribution in [0, 0.1) is 10.1 Å². The smallest absolute Gasteiger partial charge is 0.276 e. The van der Waals surface area contributed by atoms with Crippen molar-refractivity contribution in [2.45, 2.75) is 6.10 Å². The topological polar surface area (TPSA) is 83.6 Å². The molecule has 0 heterocycles. The highest BCUT2D eigenvalue weighted by Gasteiger charge is 2.19. The summed E-state index contributed by atoms with van der Waals surface area (Å²) in [7, 11) is 0. The van der Waals surface area contributed by atoms with Gasteiger partial charge in [0.15, 0.2) is 0 Å². The van der Waals surface area contributed by atoms with E-state index in [1.54, 1.807) is 0 Å². The molecule has 0 amide bonds. The molecule has 0 aliphatic rings. The maximum atomic E-state index is 10.5. The van der Waals surface area contributed by atoms with Gasteiger partial charge in [-0.15, -0.1) is 0 Å². The molecule has 5 nitrogen and oxygen atoms in total. The van der Waals surface area contributed by atoms with E-state index in [1.807, 2.05) is 0 Å². The number of hydrogen-bond donors (Lipinski definition) is 2. The number of halogens is 1. The monoisotopic (exact) mass is 217 g/mol. The number of aliphatic hydroxyl groups excluding tert-OH is 2. The molecule has 1 unspecified atom stereocenters. The Hall–Kier alpha value is -1.17. The van der Waals surface area contributed by atoms with E-state index in [9.17, 15) is 15.2 Å². The molecule has 1 aromatic rings. The molecule has 0 bridgehead atoms. The van der Waals surface area contributed by atoms with Gasteiger partial charge in [0.05, 0.1) is 17.1 Å². The zero-order valence-corrected chi connectivity index (χ0v) is 7.81. The van der Waals surface area contributed by atoms with Crippen LogP contribution in [0.25, 0.3) is 0 Å². The molecule has 0 saturated carbocycles. The average Bonchev–Trinajstić information content (AvgIpc) is 2.16. The third kappa shape index (κ3) is 2.20.